The minimum atomic E-state index is -0.373. The van der Waals surface area contributed by atoms with Crippen molar-refractivity contribution in [2.24, 2.45) is 0 Å². The molecule has 1 heterocycles. The maximum Gasteiger partial charge on any atom is 0.308 e. The zero-order chi connectivity index (χ0) is 17.1. The van der Waals surface area contributed by atoms with Crippen LogP contribution in [0.5, 0.6) is 23.0 Å². The van der Waals surface area contributed by atoms with Gasteiger partial charge in [-0.15, -0.1) is 0 Å². The van der Waals surface area contributed by atoms with Crippen LogP contribution in [0.1, 0.15) is 30.6 Å². The second-order valence-electron chi connectivity index (χ2n) is 5.62. The Morgan fingerprint density at radius 2 is 1.79 bits per heavy atom. The van der Waals surface area contributed by atoms with Gasteiger partial charge in [-0.3, -0.25) is 4.79 Å². The van der Waals surface area contributed by atoms with E-state index in [4.69, 9.17) is 18.9 Å². The van der Waals surface area contributed by atoms with Crippen LogP contribution in [0.15, 0.2) is 36.4 Å². The van der Waals surface area contributed by atoms with Gasteiger partial charge in [0, 0.05) is 24.6 Å². The van der Waals surface area contributed by atoms with Crippen molar-refractivity contribution in [3.8, 4) is 23.0 Å². The molecule has 0 amide bonds. The standard InChI is InChI=1S/C19H20O5/c1-12(20)23-19-11-15(22-3)7-8-16(19)17-9-5-13-4-6-14(21-2)10-18(13)24-17/h4,6-8,10-11,17H,5,9H2,1-3H3. The molecule has 0 radical (unpaired) electrons. The maximum absolute atomic E-state index is 11.4. The molecule has 0 bridgehead atoms. The number of carbonyl (C=O) groups excluding carboxylic acids is 1. The van der Waals surface area contributed by atoms with Crippen molar-refractivity contribution in [1.29, 1.82) is 0 Å². The molecular weight excluding hydrogens is 308 g/mol. The van der Waals surface area contributed by atoms with E-state index in [9.17, 15) is 4.79 Å². The predicted molar refractivity (Wildman–Crippen MR) is 89.0 cm³/mol. The number of methoxy groups -OCH3 is 2. The topological polar surface area (TPSA) is 54.0 Å². The fraction of sp³-hybridized carbons (Fsp3) is 0.316. The predicted octanol–water partition coefficient (Wildman–Crippen LogP) is 3.70. The lowest BCUT2D eigenvalue weighted by atomic mass is 9.96. The SMILES string of the molecule is COc1ccc2c(c1)OC(c1ccc(OC)cc1OC(C)=O)CC2. The molecule has 0 aromatic heterocycles. The van der Waals surface area contributed by atoms with E-state index in [0.717, 1.165) is 35.5 Å². The van der Waals surface area contributed by atoms with Crippen molar-refractivity contribution < 1.29 is 23.7 Å². The largest absolute Gasteiger partial charge is 0.497 e. The Balaban J connectivity index is 1.92. The van der Waals surface area contributed by atoms with Crippen LogP contribution in [-0.2, 0) is 11.2 Å². The minimum Gasteiger partial charge on any atom is -0.497 e. The monoisotopic (exact) mass is 328 g/mol. The number of fused-ring (bicyclic) bond motifs is 1. The Hall–Kier alpha value is -2.69. The average molecular weight is 328 g/mol. The van der Waals surface area contributed by atoms with Gasteiger partial charge in [0.15, 0.2) is 0 Å². The average Bonchev–Trinajstić information content (AvgIpc) is 2.60. The molecule has 1 atom stereocenters. The summed E-state index contributed by atoms with van der Waals surface area (Å²) < 4.78 is 22.0. The zero-order valence-electron chi connectivity index (χ0n) is 14.0. The minimum absolute atomic E-state index is 0.190. The highest BCUT2D eigenvalue weighted by Crippen LogP contribution is 2.40. The van der Waals surface area contributed by atoms with Crippen molar-refractivity contribution >= 4 is 5.97 Å². The molecule has 0 fully saturated rings. The summed E-state index contributed by atoms with van der Waals surface area (Å²) in [5.74, 6) is 2.29. The maximum atomic E-state index is 11.4. The molecule has 24 heavy (non-hydrogen) atoms. The molecule has 1 aliphatic rings. The molecule has 3 rings (SSSR count). The van der Waals surface area contributed by atoms with Crippen LogP contribution < -0.4 is 18.9 Å². The number of esters is 1. The fourth-order valence-electron chi connectivity index (χ4n) is 2.85. The lowest BCUT2D eigenvalue weighted by Gasteiger charge is -2.28. The van der Waals surface area contributed by atoms with Gasteiger partial charge in [0.2, 0.25) is 0 Å². The quantitative estimate of drug-likeness (QED) is 0.633. The number of aryl methyl sites for hydroxylation is 1. The summed E-state index contributed by atoms with van der Waals surface area (Å²) in [5, 5.41) is 0. The molecule has 0 N–H and O–H groups in total. The van der Waals surface area contributed by atoms with Crippen molar-refractivity contribution in [3.05, 3.63) is 47.5 Å². The van der Waals surface area contributed by atoms with Crippen molar-refractivity contribution in [2.45, 2.75) is 25.9 Å². The van der Waals surface area contributed by atoms with Crippen LogP contribution in [0.2, 0.25) is 0 Å². The first-order valence-electron chi connectivity index (χ1n) is 7.80. The van der Waals surface area contributed by atoms with Crippen LogP contribution in [0.4, 0.5) is 0 Å². The molecule has 0 aliphatic carbocycles. The lowest BCUT2D eigenvalue weighted by molar-refractivity contribution is -0.132. The molecule has 1 aliphatic heterocycles. The third-order valence-corrected chi connectivity index (χ3v) is 4.04. The van der Waals surface area contributed by atoms with Crippen LogP contribution in [0.25, 0.3) is 0 Å². The number of hydrogen-bond donors (Lipinski definition) is 0. The van der Waals surface area contributed by atoms with Gasteiger partial charge in [0.05, 0.1) is 14.2 Å². The molecule has 0 spiro atoms. The highest BCUT2D eigenvalue weighted by molar-refractivity contribution is 5.70. The van der Waals surface area contributed by atoms with E-state index in [1.165, 1.54) is 6.92 Å². The van der Waals surface area contributed by atoms with E-state index in [2.05, 4.69) is 0 Å². The molecule has 5 heteroatoms. The summed E-state index contributed by atoms with van der Waals surface area (Å²) in [6.45, 7) is 1.38. The summed E-state index contributed by atoms with van der Waals surface area (Å²) in [4.78, 5) is 11.4. The number of carbonyl (C=O) groups is 1. The molecule has 126 valence electrons. The Kier molecular flexibility index (Phi) is 4.60. The normalized spacial score (nSPS) is 15.9. The Bertz CT molecular complexity index is 753. The first-order valence-corrected chi connectivity index (χ1v) is 7.80. The van der Waals surface area contributed by atoms with E-state index < -0.39 is 0 Å². The van der Waals surface area contributed by atoms with Crippen LogP contribution in [-0.4, -0.2) is 20.2 Å². The third kappa shape index (κ3) is 3.30. The van der Waals surface area contributed by atoms with E-state index in [0.29, 0.717) is 11.5 Å². The summed E-state index contributed by atoms with van der Waals surface area (Å²) in [6, 6.07) is 11.3. The van der Waals surface area contributed by atoms with Gasteiger partial charge in [-0.05, 0) is 36.6 Å². The first kappa shape index (κ1) is 16.2. The smallest absolute Gasteiger partial charge is 0.308 e. The van der Waals surface area contributed by atoms with Gasteiger partial charge < -0.3 is 18.9 Å². The Morgan fingerprint density at radius 1 is 1.08 bits per heavy atom. The van der Waals surface area contributed by atoms with E-state index in [1.807, 2.05) is 30.3 Å². The number of ether oxygens (including phenoxy) is 4. The molecule has 1 unspecified atom stereocenters. The van der Waals surface area contributed by atoms with Crippen molar-refractivity contribution in [1.82, 2.24) is 0 Å². The van der Waals surface area contributed by atoms with Gasteiger partial charge in [-0.25, -0.2) is 0 Å². The molecule has 2 aromatic carbocycles. The van der Waals surface area contributed by atoms with Gasteiger partial charge in [-0.1, -0.05) is 6.07 Å². The van der Waals surface area contributed by atoms with Gasteiger partial charge in [0.25, 0.3) is 0 Å². The molecule has 5 nitrogen and oxygen atoms in total. The zero-order valence-corrected chi connectivity index (χ0v) is 14.0. The van der Waals surface area contributed by atoms with Crippen LogP contribution in [0.3, 0.4) is 0 Å². The van der Waals surface area contributed by atoms with Gasteiger partial charge >= 0.3 is 5.97 Å². The van der Waals surface area contributed by atoms with E-state index in [1.54, 1.807) is 20.3 Å². The van der Waals surface area contributed by atoms with Crippen LogP contribution in [0, 0.1) is 0 Å². The number of hydrogen-bond acceptors (Lipinski definition) is 5. The second kappa shape index (κ2) is 6.83. The van der Waals surface area contributed by atoms with Crippen LogP contribution >= 0.6 is 0 Å². The fourth-order valence-corrected chi connectivity index (χ4v) is 2.85. The van der Waals surface area contributed by atoms with Crippen molar-refractivity contribution in [2.75, 3.05) is 14.2 Å². The molecule has 0 saturated carbocycles. The third-order valence-electron chi connectivity index (χ3n) is 4.04. The number of rotatable bonds is 4. The van der Waals surface area contributed by atoms with Gasteiger partial charge in [0.1, 0.15) is 29.1 Å². The molecule has 0 saturated heterocycles. The summed E-state index contributed by atoms with van der Waals surface area (Å²) >= 11 is 0. The summed E-state index contributed by atoms with van der Waals surface area (Å²) in [6.07, 6.45) is 1.50. The Morgan fingerprint density at radius 3 is 2.50 bits per heavy atom. The van der Waals surface area contributed by atoms with Gasteiger partial charge in [-0.2, -0.15) is 0 Å². The summed E-state index contributed by atoms with van der Waals surface area (Å²) in [5.41, 5.74) is 1.98. The first-order chi connectivity index (χ1) is 11.6. The van der Waals surface area contributed by atoms with E-state index in [-0.39, 0.29) is 12.1 Å². The second-order valence-corrected chi connectivity index (χ2v) is 5.62. The molecule has 2 aromatic rings. The summed E-state index contributed by atoms with van der Waals surface area (Å²) in [7, 11) is 3.20. The lowest BCUT2D eigenvalue weighted by Crippen LogP contribution is -2.17. The van der Waals surface area contributed by atoms with E-state index >= 15 is 0 Å². The highest BCUT2D eigenvalue weighted by atomic mass is 16.5. The Labute approximate surface area is 141 Å². The highest BCUT2D eigenvalue weighted by Gasteiger charge is 2.25. The van der Waals surface area contributed by atoms with Crippen molar-refractivity contribution in [3.63, 3.8) is 0 Å². The number of benzene rings is 2. The molecular formula is C19H20O5.